The predicted octanol–water partition coefficient (Wildman–Crippen LogP) is 3.61. The summed E-state index contributed by atoms with van der Waals surface area (Å²) in [4.78, 5) is 6.60. The van der Waals surface area contributed by atoms with E-state index < -0.39 is 10.0 Å². The zero-order valence-corrected chi connectivity index (χ0v) is 17.3. The summed E-state index contributed by atoms with van der Waals surface area (Å²) in [6.45, 7) is 4.24. The molecule has 150 valence electrons. The Morgan fingerprint density at radius 3 is 2.41 bits per heavy atom. The van der Waals surface area contributed by atoms with Gasteiger partial charge in [0.2, 0.25) is 10.0 Å². The van der Waals surface area contributed by atoms with Gasteiger partial charge in [-0.2, -0.15) is 0 Å². The maximum absolute atomic E-state index is 12.6. The Balaban J connectivity index is 1.35. The first-order valence-corrected chi connectivity index (χ1v) is 11.3. The number of aryl methyl sites for hydroxylation is 1. The van der Waals surface area contributed by atoms with E-state index >= 15 is 0 Å². The number of likely N-dealkylation sites (tertiary alicyclic amines) is 1. The number of hydrogen-bond donors (Lipinski definition) is 1. The molecule has 0 amide bonds. The van der Waals surface area contributed by atoms with Crippen molar-refractivity contribution >= 4 is 10.0 Å². The van der Waals surface area contributed by atoms with Crippen LogP contribution >= 0.6 is 0 Å². The zero-order chi connectivity index (χ0) is 20.3. The van der Waals surface area contributed by atoms with E-state index in [0.29, 0.717) is 6.54 Å². The van der Waals surface area contributed by atoms with Gasteiger partial charge in [-0.15, -0.1) is 0 Å². The molecule has 4 rings (SSSR count). The molecule has 0 radical (unpaired) electrons. The molecule has 0 aliphatic carbocycles. The average Bonchev–Trinajstić information content (AvgIpc) is 3.15. The van der Waals surface area contributed by atoms with Crippen LogP contribution in [0.25, 0.3) is 11.1 Å². The van der Waals surface area contributed by atoms with E-state index in [1.54, 1.807) is 12.1 Å². The minimum Gasteiger partial charge on any atom is -0.297 e. The first-order chi connectivity index (χ1) is 14.0. The molecule has 1 fully saturated rings. The van der Waals surface area contributed by atoms with Crippen molar-refractivity contribution in [3.63, 3.8) is 0 Å². The molecule has 1 atom stereocenters. The molecule has 0 spiro atoms. The largest absolute Gasteiger partial charge is 0.297 e. The Morgan fingerprint density at radius 1 is 1.00 bits per heavy atom. The average molecular weight is 408 g/mol. The smallest absolute Gasteiger partial charge is 0.242 e. The zero-order valence-electron chi connectivity index (χ0n) is 16.5. The standard InChI is InChI=1S/C23H25N3O2S/c1-18-7-12-23(15-24-18)29(27,28)25-22-13-14-26(17-22)16-19-8-10-21(11-9-19)20-5-3-2-4-6-20/h2-12,15,22,25H,13-14,16-17H2,1H3/t22-/m1/s1. The summed E-state index contributed by atoms with van der Waals surface area (Å²) in [5.74, 6) is 0. The number of nitrogens with zero attached hydrogens (tertiary/aromatic N) is 2. The van der Waals surface area contributed by atoms with E-state index in [0.717, 1.165) is 25.2 Å². The van der Waals surface area contributed by atoms with E-state index in [2.05, 4.69) is 51.0 Å². The lowest BCUT2D eigenvalue weighted by atomic mass is 10.0. The van der Waals surface area contributed by atoms with Gasteiger partial charge in [0, 0.05) is 37.6 Å². The van der Waals surface area contributed by atoms with Crippen molar-refractivity contribution in [3.8, 4) is 11.1 Å². The summed E-state index contributed by atoms with van der Waals surface area (Å²) in [7, 11) is -3.53. The first-order valence-electron chi connectivity index (χ1n) is 9.81. The fourth-order valence-corrected chi connectivity index (χ4v) is 4.87. The molecule has 1 aromatic heterocycles. The maximum atomic E-state index is 12.6. The summed E-state index contributed by atoms with van der Waals surface area (Å²) in [5.41, 5.74) is 4.44. The molecule has 1 saturated heterocycles. The number of benzene rings is 2. The Morgan fingerprint density at radius 2 is 1.72 bits per heavy atom. The fraction of sp³-hybridized carbons (Fsp3) is 0.261. The molecule has 0 unspecified atom stereocenters. The molecular formula is C23H25N3O2S. The number of hydrogen-bond acceptors (Lipinski definition) is 4. The van der Waals surface area contributed by atoms with E-state index in [1.807, 2.05) is 25.1 Å². The summed E-state index contributed by atoms with van der Waals surface area (Å²) in [5, 5.41) is 0. The van der Waals surface area contributed by atoms with Gasteiger partial charge in [-0.3, -0.25) is 9.88 Å². The summed E-state index contributed by atoms with van der Waals surface area (Å²) in [6, 6.07) is 22.1. The van der Waals surface area contributed by atoms with Gasteiger partial charge in [0.15, 0.2) is 0 Å². The van der Waals surface area contributed by atoms with Crippen molar-refractivity contribution in [2.75, 3.05) is 13.1 Å². The highest BCUT2D eigenvalue weighted by atomic mass is 32.2. The van der Waals surface area contributed by atoms with Crippen LogP contribution in [0.1, 0.15) is 17.7 Å². The second-order valence-electron chi connectivity index (χ2n) is 7.54. The summed E-state index contributed by atoms with van der Waals surface area (Å²) < 4.78 is 28.0. The lowest BCUT2D eigenvalue weighted by Crippen LogP contribution is -2.37. The minimum atomic E-state index is -3.53. The molecule has 5 nitrogen and oxygen atoms in total. The molecule has 2 aromatic carbocycles. The minimum absolute atomic E-state index is 0.0788. The molecule has 29 heavy (non-hydrogen) atoms. The second-order valence-corrected chi connectivity index (χ2v) is 9.25. The number of pyridine rings is 1. The third-order valence-corrected chi connectivity index (χ3v) is 6.76. The SMILES string of the molecule is Cc1ccc(S(=O)(=O)N[C@@H]2CCN(Cc3ccc(-c4ccccc4)cc3)C2)cn1. The van der Waals surface area contributed by atoms with Crippen molar-refractivity contribution in [1.82, 2.24) is 14.6 Å². The molecule has 1 N–H and O–H groups in total. The topological polar surface area (TPSA) is 62.3 Å². The van der Waals surface area contributed by atoms with Crippen molar-refractivity contribution in [3.05, 3.63) is 84.2 Å². The Bertz CT molecular complexity index is 1050. The molecule has 1 aliphatic heterocycles. The van der Waals surface area contributed by atoms with Crippen LogP contribution < -0.4 is 4.72 Å². The molecule has 6 heteroatoms. The van der Waals surface area contributed by atoms with Crippen LogP contribution in [-0.2, 0) is 16.6 Å². The van der Waals surface area contributed by atoms with E-state index in [-0.39, 0.29) is 10.9 Å². The highest BCUT2D eigenvalue weighted by Crippen LogP contribution is 2.21. The first kappa shape index (κ1) is 19.8. The van der Waals surface area contributed by atoms with Crippen LogP contribution in [0, 0.1) is 6.92 Å². The van der Waals surface area contributed by atoms with E-state index in [9.17, 15) is 8.42 Å². The van der Waals surface area contributed by atoms with Gasteiger partial charge in [0.25, 0.3) is 0 Å². The van der Waals surface area contributed by atoms with Crippen molar-refractivity contribution in [2.45, 2.75) is 30.8 Å². The predicted molar refractivity (Wildman–Crippen MR) is 115 cm³/mol. The summed E-state index contributed by atoms with van der Waals surface area (Å²) >= 11 is 0. The van der Waals surface area contributed by atoms with Crippen molar-refractivity contribution in [2.24, 2.45) is 0 Å². The Hall–Kier alpha value is -2.54. The molecule has 3 aromatic rings. The van der Waals surface area contributed by atoms with Gasteiger partial charge in [0.1, 0.15) is 4.90 Å². The van der Waals surface area contributed by atoms with Crippen LogP contribution in [0.3, 0.4) is 0 Å². The van der Waals surface area contributed by atoms with Crippen LogP contribution in [0.15, 0.2) is 77.8 Å². The normalized spacial score (nSPS) is 17.5. The van der Waals surface area contributed by atoms with Crippen LogP contribution in [0.2, 0.25) is 0 Å². The van der Waals surface area contributed by atoms with Crippen LogP contribution in [0.5, 0.6) is 0 Å². The van der Waals surface area contributed by atoms with Gasteiger partial charge in [0.05, 0.1) is 0 Å². The second kappa shape index (κ2) is 8.45. The highest BCUT2D eigenvalue weighted by molar-refractivity contribution is 7.89. The number of nitrogens with one attached hydrogen (secondary N) is 1. The third kappa shape index (κ3) is 4.90. The van der Waals surface area contributed by atoms with Crippen LogP contribution in [0.4, 0.5) is 0 Å². The number of sulfonamides is 1. The molecule has 1 aliphatic rings. The van der Waals surface area contributed by atoms with Gasteiger partial charge in [-0.1, -0.05) is 54.6 Å². The van der Waals surface area contributed by atoms with Crippen molar-refractivity contribution in [1.29, 1.82) is 0 Å². The molecule has 0 saturated carbocycles. The van der Waals surface area contributed by atoms with Gasteiger partial charge < -0.3 is 0 Å². The number of rotatable bonds is 6. The van der Waals surface area contributed by atoms with Crippen LogP contribution in [-0.4, -0.2) is 37.4 Å². The Labute approximate surface area is 172 Å². The number of aromatic nitrogens is 1. The fourth-order valence-electron chi connectivity index (χ4n) is 3.66. The highest BCUT2D eigenvalue weighted by Gasteiger charge is 2.27. The van der Waals surface area contributed by atoms with E-state index in [1.165, 1.54) is 22.9 Å². The third-order valence-electron chi connectivity index (χ3n) is 5.26. The maximum Gasteiger partial charge on any atom is 0.242 e. The monoisotopic (exact) mass is 407 g/mol. The lowest BCUT2D eigenvalue weighted by Gasteiger charge is -2.17. The van der Waals surface area contributed by atoms with Gasteiger partial charge >= 0.3 is 0 Å². The summed E-state index contributed by atoms with van der Waals surface area (Å²) in [6.07, 6.45) is 2.22. The molecular weight excluding hydrogens is 382 g/mol. The quantitative estimate of drug-likeness (QED) is 0.678. The van der Waals surface area contributed by atoms with Gasteiger partial charge in [-0.05, 0) is 42.2 Å². The Kier molecular flexibility index (Phi) is 5.76. The van der Waals surface area contributed by atoms with Gasteiger partial charge in [-0.25, -0.2) is 13.1 Å². The van der Waals surface area contributed by atoms with E-state index in [4.69, 9.17) is 0 Å². The van der Waals surface area contributed by atoms with Crippen molar-refractivity contribution < 1.29 is 8.42 Å². The molecule has 2 heterocycles. The molecule has 0 bridgehead atoms. The lowest BCUT2D eigenvalue weighted by molar-refractivity contribution is 0.324.